The fourth-order valence-corrected chi connectivity index (χ4v) is 3.05. The highest BCUT2D eigenvalue weighted by Crippen LogP contribution is 2.28. The van der Waals surface area contributed by atoms with Crippen LogP contribution in [0.1, 0.15) is 78.0 Å². The van der Waals surface area contributed by atoms with Crippen LogP contribution in [0.2, 0.25) is 0 Å². The van der Waals surface area contributed by atoms with Gasteiger partial charge in [0.25, 0.3) is 0 Å². The Bertz CT molecular complexity index is 414. The molecule has 1 N–H and O–H groups in total. The highest BCUT2D eigenvalue weighted by Gasteiger charge is 2.25. The molecule has 126 valence electrons. The highest BCUT2D eigenvalue weighted by atomic mass is 16.3. The van der Waals surface area contributed by atoms with Gasteiger partial charge in [-0.15, -0.1) is 0 Å². The minimum atomic E-state index is -0.402. The van der Waals surface area contributed by atoms with Crippen LogP contribution in [0.25, 0.3) is 0 Å². The van der Waals surface area contributed by atoms with Gasteiger partial charge in [0.1, 0.15) is 0 Å². The summed E-state index contributed by atoms with van der Waals surface area (Å²) in [5.74, 6) is 0. The van der Waals surface area contributed by atoms with Gasteiger partial charge in [-0.25, -0.2) is 0 Å². The molecule has 0 radical (unpaired) electrons. The first kappa shape index (κ1) is 19.2. The van der Waals surface area contributed by atoms with Crippen LogP contribution in [0.4, 0.5) is 0 Å². The van der Waals surface area contributed by atoms with E-state index in [2.05, 4.69) is 70.7 Å². The summed E-state index contributed by atoms with van der Waals surface area (Å²) in [5.41, 5.74) is 2.52. The summed E-state index contributed by atoms with van der Waals surface area (Å²) in [5, 5.41) is 10.9. The molecule has 0 heterocycles. The number of unbranched alkanes of at least 4 members (excludes halogenated alkanes) is 1. The molecule has 2 nitrogen and oxygen atoms in total. The first-order valence-electron chi connectivity index (χ1n) is 8.87. The molecule has 0 spiro atoms. The van der Waals surface area contributed by atoms with Crippen molar-refractivity contribution in [2.75, 3.05) is 13.1 Å². The van der Waals surface area contributed by atoms with Crippen LogP contribution in [0, 0.1) is 0 Å². The van der Waals surface area contributed by atoms with Gasteiger partial charge in [-0.2, -0.15) is 0 Å². The van der Waals surface area contributed by atoms with Crippen LogP contribution in [-0.2, 0) is 5.41 Å². The van der Waals surface area contributed by atoms with Crippen molar-refractivity contribution in [3.8, 4) is 0 Å². The second-order valence-electron chi connectivity index (χ2n) is 7.25. The topological polar surface area (TPSA) is 23.5 Å². The SMILES string of the molecule is CCCC[C@H]([C@@H](O)c1ccc(C(C)(C)C)cc1)N(CC)CC. The Balaban J connectivity index is 2.94. The fraction of sp³-hybridized carbons (Fsp3) is 0.700. The zero-order valence-electron chi connectivity index (χ0n) is 15.4. The van der Waals surface area contributed by atoms with Crippen LogP contribution in [0.3, 0.4) is 0 Å². The van der Waals surface area contributed by atoms with Gasteiger partial charge in [0.15, 0.2) is 0 Å². The van der Waals surface area contributed by atoms with E-state index in [0.717, 1.165) is 31.5 Å². The number of hydrogen-bond donors (Lipinski definition) is 1. The fourth-order valence-electron chi connectivity index (χ4n) is 3.05. The molecule has 0 bridgehead atoms. The monoisotopic (exact) mass is 305 g/mol. The van der Waals surface area contributed by atoms with Crippen LogP contribution in [-0.4, -0.2) is 29.1 Å². The van der Waals surface area contributed by atoms with Crippen molar-refractivity contribution in [3.05, 3.63) is 35.4 Å². The quantitative estimate of drug-likeness (QED) is 0.737. The molecule has 1 aromatic rings. The number of hydrogen-bond acceptors (Lipinski definition) is 2. The maximum atomic E-state index is 10.9. The van der Waals surface area contributed by atoms with Crippen molar-refractivity contribution >= 4 is 0 Å². The molecule has 0 unspecified atom stereocenters. The van der Waals surface area contributed by atoms with Crippen LogP contribution >= 0.6 is 0 Å². The largest absolute Gasteiger partial charge is 0.387 e. The molecule has 0 aliphatic heterocycles. The Hall–Kier alpha value is -0.860. The zero-order chi connectivity index (χ0) is 16.8. The molecule has 2 heteroatoms. The average Bonchev–Trinajstić information content (AvgIpc) is 2.50. The van der Waals surface area contributed by atoms with Crippen LogP contribution in [0.15, 0.2) is 24.3 Å². The lowest BCUT2D eigenvalue weighted by atomic mass is 9.85. The Morgan fingerprint density at radius 1 is 1.00 bits per heavy atom. The Morgan fingerprint density at radius 3 is 1.95 bits per heavy atom. The third-order valence-electron chi connectivity index (χ3n) is 4.62. The van der Waals surface area contributed by atoms with E-state index in [9.17, 15) is 5.11 Å². The summed E-state index contributed by atoms with van der Waals surface area (Å²) in [7, 11) is 0. The molecule has 0 aromatic heterocycles. The van der Waals surface area contributed by atoms with Gasteiger partial charge >= 0.3 is 0 Å². The van der Waals surface area contributed by atoms with Crippen molar-refractivity contribution in [2.24, 2.45) is 0 Å². The molecule has 0 saturated heterocycles. The van der Waals surface area contributed by atoms with Crippen molar-refractivity contribution < 1.29 is 5.11 Å². The molecular weight excluding hydrogens is 270 g/mol. The van der Waals surface area contributed by atoms with Gasteiger partial charge in [-0.05, 0) is 36.1 Å². The highest BCUT2D eigenvalue weighted by molar-refractivity contribution is 5.29. The van der Waals surface area contributed by atoms with E-state index in [4.69, 9.17) is 0 Å². The molecule has 1 aromatic carbocycles. The predicted octanol–water partition coefficient (Wildman–Crippen LogP) is 4.92. The van der Waals surface area contributed by atoms with Crippen molar-refractivity contribution in [1.82, 2.24) is 4.90 Å². The van der Waals surface area contributed by atoms with E-state index in [1.54, 1.807) is 0 Å². The van der Waals surface area contributed by atoms with Gasteiger partial charge in [0.2, 0.25) is 0 Å². The second-order valence-corrected chi connectivity index (χ2v) is 7.25. The summed E-state index contributed by atoms with van der Waals surface area (Å²) in [6, 6.07) is 8.76. The van der Waals surface area contributed by atoms with E-state index in [1.165, 1.54) is 12.0 Å². The van der Waals surface area contributed by atoms with Crippen LogP contribution in [0.5, 0.6) is 0 Å². The molecule has 22 heavy (non-hydrogen) atoms. The van der Waals surface area contributed by atoms with Gasteiger partial charge in [-0.1, -0.05) is 78.6 Å². The normalized spacial score (nSPS) is 15.1. The molecule has 0 aliphatic carbocycles. The first-order valence-corrected chi connectivity index (χ1v) is 8.87. The summed E-state index contributed by atoms with van der Waals surface area (Å²) < 4.78 is 0. The van der Waals surface area contributed by atoms with Crippen LogP contribution < -0.4 is 0 Å². The molecule has 0 aliphatic rings. The standard InChI is InChI=1S/C20H35NO/c1-7-10-11-18(21(8-2)9-3)19(22)16-12-14-17(15-13-16)20(4,5)6/h12-15,18-19,22H,7-11H2,1-6H3/t18-,19+/m1/s1. The Kier molecular flexibility index (Phi) is 7.58. The minimum absolute atomic E-state index is 0.157. The zero-order valence-corrected chi connectivity index (χ0v) is 15.4. The Morgan fingerprint density at radius 2 is 1.55 bits per heavy atom. The number of rotatable bonds is 8. The predicted molar refractivity (Wildman–Crippen MR) is 96.3 cm³/mol. The molecule has 1 rings (SSSR count). The number of likely N-dealkylation sites (N-methyl/N-ethyl adjacent to an activating group) is 1. The van der Waals surface area contributed by atoms with Gasteiger partial charge < -0.3 is 5.11 Å². The third-order valence-corrected chi connectivity index (χ3v) is 4.62. The van der Waals surface area contributed by atoms with E-state index < -0.39 is 6.10 Å². The molecule has 0 saturated carbocycles. The average molecular weight is 306 g/mol. The van der Waals surface area contributed by atoms with Crippen molar-refractivity contribution in [2.45, 2.75) is 78.4 Å². The first-order chi connectivity index (χ1) is 10.3. The molecular formula is C20H35NO. The van der Waals surface area contributed by atoms with Crippen molar-refractivity contribution in [3.63, 3.8) is 0 Å². The molecule has 2 atom stereocenters. The number of aliphatic hydroxyl groups is 1. The van der Waals surface area contributed by atoms with Crippen molar-refractivity contribution in [1.29, 1.82) is 0 Å². The lowest BCUT2D eigenvalue weighted by Gasteiger charge is -2.34. The van der Waals surface area contributed by atoms with Gasteiger partial charge in [-0.3, -0.25) is 4.90 Å². The lowest BCUT2D eigenvalue weighted by molar-refractivity contribution is 0.0473. The smallest absolute Gasteiger partial charge is 0.0945 e. The van der Waals surface area contributed by atoms with Gasteiger partial charge in [0.05, 0.1) is 6.10 Å². The summed E-state index contributed by atoms with van der Waals surface area (Å²) in [6.07, 6.45) is 2.99. The van der Waals surface area contributed by atoms with Gasteiger partial charge in [0, 0.05) is 6.04 Å². The minimum Gasteiger partial charge on any atom is -0.387 e. The summed E-state index contributed by atoms with van der Waals surface area (Å²) in [6.45, 7) is 15.2. The number of benzene rings is 1. The Labute approximate surface area is 137 Å². The third kappa shape index (κ3) is 5.10. The van der Waals surface area contributed by atoms with E-state index in [0.29, 0.717) is 0 Å². The second kappa shape index (κ2) is 8.69. The van der Waals surface area contributed by atoms with E-state index in [1.807, 2.05) is 0 Å². The lowest BCUT2D eigenvalue weighted by Crippen LogP contribution is -2.39. The maximum absolute atomic E-state index is 10.9. The maximum Gasteiger partial charge on any atom is 0.0945 e. The number of aliphatic hydroxyl groups excluding tert-OH is 1. The van der Waals surface area contributed by atoms with E-state index in [-0.39, 0.29) is 11.5 Å². The molecule has 0 fully saturated rings. The summed E-state index contributed by atoms with van der Waals surface area (Å²) >= 11 is 0. The molecule has 0 amide bonds. The summed E-state index contributed by atoms with van der Waals surface area (Å²) in [4.78, 5) is 2.39. The van der Waals surface area contributed by atoms with E-state index >= 15 is 0 Å². The number of nitrogens with zero attached hydrogens (tertiary/aromatic N) is 1.